The Morgan fingerprint density at radius 1 is 1.08 bits per heavy atom. The number of hydrogen-bond donors (Lipinski definition) is 1. The predicted octanol–water partition coefficient (Wildman–Crippen LogP) is 3.93. The van der Waals surface area contributed by atoms with Crippen molar-refractivity contribution in [2.24, 2.45) is 0 Å². The van der Waals surface area contributed by atoms with Crippen LogP contribution in [0.2, 0.25) is 0 Å². The number of alkyl halides is 3. The van der Waals surface area contributed by atoms with Gasteiger partial charge in [0.05, 0.1) is 11.1 Å². The number of benzene rings is 2. The Hall–Kier alpha value is -2.83. The van der Waals surface area contributed by atoms with Crippen LogP contribution in [0.3, 0.4) is 0 Å². The van der Waals surface area contributed by atoms with Gasteiger partial charge in [-0.05, 0) is 37.3 Å². The van der Waals surface area contributed by atoms with Crippen LogP contribution < -0.4 is 10.1 Å². The maximum absolute atomic E-state index is 12.6. The molecule has 0 fully saturated rings. The summed E-state index contributed by atoms with van der Waals surface area (Å²) in [5.41, 5.74) is -0.522. The third kappa shape index (κ3) is 4.58. The fourth-order valence-electron chi connectivity index (χ4n) is 2.00. The number of rotatable bonds is 5. The standard InChI is InChI=1S/C17H14F3NO3/c1-11(22)14-7-2-3-8-15(14)24-10-16(23)21-13-6-4-5-12(9-13)17(18,19)20/h2-9H,10H2,1H3,(H,21,23). The molecule has 1 N–H and O–H groups in total. The molecule has 7 heteroatoms. The zero-order chi connectivity index (χ0) is 17.7. The minimum atomic E-state index is -4.49. The molecular weight excluding hydrogens is 323 g/mol. The highest BCUT2D eigenvalue weighted by molar-refractivity contribution is 5.97. The van der Waals surface area contributed by atoms with Crippen molar-refractivity contribution in [3.63, 3.8) is 0 Å². The van der Waals surface area contributed by atoms with Gasteiger partial charge in [0, 0.05) is 5.69 Å². The van der Waals surface area contributed by atoms with E-state index in [-0.39, 0.29) is 17.2 Å². The first-order valence-electron chi connectivity index (χ1n) is 6.97. The third-order valence-corrected chi connectivity index (χ3v) is 3.10. The van der Waals surface area contributed by atoms with E-state index in [1.807, 2.05) is 0 Å². The van der Waals surface area contributed by atoms with Crippen molar-refractivity contribution in [3.8, 4) is 5.75 Å². The molecule has 0 aliphatic rings. The average Bonchev–Trinajstić information content (AvgIpc) is 2.52. The first-order valence-corrected chi connectivity index (χ1v) is 6.97. The van der Waals surface area contributed by atoms with E-state index in [0.29, 0.717) is 5.56 Å². The van der Waals surface area contributed by atoms with E-state index in [0.717, 1.165) is 12.1 Å². The number of carbonyl (C=O) groups excluding carboxylic acids is 2. The van der Waals surface area contributed by atoms with Gasteiger partial charge in [0.15, 0.2) is 12.4 Å². The average molecular weight is 337 g/mol. The Bertz CT molecular complexity index is 757. The van der Waals surface area contributed by atoms with Crippen molar-refractivity contribution < 1.29 is 27.5 Å². The van der Waals surface area contributed by atoms with E-state index in [4.69, 9.17) is 4.74 Å². The summed E-state index contributed by atoms with van der Waals surface area (Å²) in [7, 11) is 0. The number of carbonyl (C=O) groups is 2. The molecule has 0 unspecified atom stereocenters. The fourth-order valence-corrected chi connectivity index (χ4v) is 2.00. The second-order valence-electron chi connectivity index (χ2n) is 4.97. The maximum Gasteiger partial charge on any atom is 0.416 e. The lowest BCUT2D eigenvalue weighted by Gasteiger charge is -2.11. The van der Waals surface area contributed by atoms with Crippen LogP contribution in [-0.2, 0) is 11.0 Å². The fraction of sp³-hybridized carbons (Fsp3) is 0.176. The van der Waals surface area contributed by atoms with Crippen LogP contribution in [-0.4, -0.2) is 18.3 Å². The molecule has 0 aromatic heterocycles. The van der Waals surface area contributed by atoms with Gasteiger partial charge in [-0.3, -0.25) is 9.59 Å². The highest BCUT2D eigenvalue weighted by Crippen LogP contribution is 2.30. The van der Waals surface area contributed by atoms with Gasteiger partial charge in [-0.2, -0.15) is 13.2 Å². The molecule has 0 radical (unpaired) electrons. The number of anilines is 1. The van der Waals surface area contributed by atoms with Crippen molar-refractivity contribution >= 4 is 17.4 Å². The smallest absolute Gasteiger partial charge is 0.416 e. The zero-order valence-electron chi connectivity index (χ0n) is 12.7. The van der Waals surface area contributed by atoms with Gasteiger partial charge in [0.25, 0.3) is 5.91 Å². The molecule has 1 amide bonds. The molecule has 0 spiro atoms. The van der Waals surface area contributed by atoms with Crippen molar-refractivity contribution in [1.29, 1.82) is 0 Å². The van der Waals surface area contributed by atoms with Crippen LogP contribution in [0.4, 0.5) is 18.9 Å². The number of nitrogens with one attached hydrogen (secondary N) is 1. The van der Waals surface area contributed by atoms with Gasteiger partial charge < -0.3 is 10.1 Å². The lowest BCUT2D eigenvalue weighted by molar-refractivity contribution is -0.137. The molecule has 0 aliphatic heterocycles. The molecule has 4 nitrogen and oxygen atoms in total. The quantitative estimate of drug-likeness (QED) is 0.841. The van der Waals surface area contributed by atoms with Crippen molar-refractivity contribution in [2.45, 2.75) is 13.1 Å². The van der Waals surface area contributed by atoms with Gasteiger partial charge >= 0.3 is 6.18 Å². The van der Waals surface area contributed by atoms with E-state index in [9.17, 15) is 22.8 Å². The number of hydrogen-bond acceptors (Lipinski definition) is 3. The van der Waals surface area contributed by atoms with Gasteiger partial charge in [-0.25, -0.2) is 0 Å². The van der Waals surface area contributed by atoms with Crippen LogP contribution in [0.25, 0.3) is 0 Å². The van der Waals surface area contributed by atoms with Crippen LogP contribution in [0, 0.1) is 0 Å². The van der Waals surface area contributed by atoms with Gasteiger partial charge in [-0.1, -0.05) is 18.2 Å². The monoisotopic (exact) mass is 337 g/mol. The molecule has 126 valence electrons. The molecule has 2 rings (SSSR count). The lowest BCUT2D eigenvalue weighted by atomic mass is 10.1. The molecule has 0 atom stereocenters. The molecular formula is C17H14F3NO3. The Balaban J connectivity index is 2.01. The number of Topliss-reactive ketones (excluding diaryl/α,β-unsaturated/α-hetero) is 1. The Morgan fingerprint density at radius 2 is 1.79 bits per heavy atom. The van der Waals surface area contributed by atoms with Crippen LogP contribution in [0.15, 0.2) is 48.5 Å². The summed E-state index contributed by atoms with van der Waals surface area (Å²) in [4.78, 5) is 23.3. The van der Waals surface area contributed by atoms with E-state index in [1.54, 1.807) is 18.2 Å². The lowest BCUT2D eigenvalue weighted by Crippen LogP contribution is -2.21. The topological polar surface area (TPSA) is 55.4 Å². The summed E-state index contributed by atoms with van der Waals surface area (Å²) in [5.74, 6) is -0.610. The minimum Gasteiger partial charge on any atom is -0.483 e. The number of halogens is 3. The minimum absolute atomic E-state index is 0.0123. The third-order valence-electron chi connectivity index (χ3n) is 3.10. The van der Waals surface area contributed by atoms with E-state index in [1.165, 1.54) is 25.1 Å². The largest absolute Gasteiger partial charge is 0.483 e. The second-order valence-corrected chi connectivity index (χ2v) is 4.97. The molecule has 0 saturated heterocycles. The molecule has 24 heavy (non-hydrogen) atoms. The number of ether oxygens (including phenoxy) is 1. The molecule has 0 bridgehead atoms. The van der Waals surface area contributed by atoms with E-state index in [2.05, 4.69) is 5.32 Å². The summed E-state index contributed by atoms with van der Waals surface area (Å²) in [5, 5.41) is 2.32. The molecule has 2 aromatic rings. The van der Waals surface area contributed by atoms with E-state index < -0.39 is 24.3 Å². The molecule has 0 aliphatic carbocycles. The number of amides is 1. The van der Waals surface area contributed by atoms with Gasteiger partial charge in [0.2, 0.25) is 0 Å². The van der Waals surface area contributed by atoms with Crippen LogP contribution in [0.1, 0.15) is 22.8 Å². The number of para-hydroxylation sites is 1. The Morgan fingerprint density at radius 3 is 2.46 bits per heavy atom. The number of ketones is 1. The second kappa shape index (κ2) is 7.16. The van der Waals surface area contributed by atoms with Crippen molar-refractivity contribution in [1.82, 2.24) is 0 Å². The van der Waals surface area contributed by atoms with Crippen molar-refractivity contribution in [2.75, 3.05) is 11.9 Å². The summed E-state index contributed by atoms with van der Waals surface area (Å²) in [6.45, 7) is 0.936. The first-order chi connectivity index (χ1) is 11.3. The first kappa shape index (κ1) is 17.5. The van der Waals surface area contributed by atoms with Gasteiger partial charge in [-0.15, -0.1) is 0 Å². The highest BCUT2D eigenvalue weighted by Gasteiger charge is 2.30. The normalized spacial score (nSPS) is 11.0. The van der Waals surface area contributed by atoms with Gasteiger partial charge in [0.1, 0.15) is 5.75 Å². The van der Waals surface area contributed by atoms with Crippen LogP contribution >= 0.6 is 0 Å². The SMILES string of the molecule is CC(=O)c1ccccc1OCC(=O)Nc1cccc(C(F)(F)F)c1. The Kier molecular flexibility index (Phi) is 5.23. The van der Waals surface area contributed by atoms with Crippen LogP contribution in [0.5, 0.6) is 5.75 Å². The maximum atomic E-state index is 12.6. The summed E-state index contributed by atoms with van der Waals surface area (Å²) >= 11 is 0. The zero-order valence-corrected chi connectivity index (χ0v) is 12.7. The van der Waals surface area contributed by atoms with Crippen molar-refractivity contribution in [3.05, 3.63) is 59.7 Å². The molecule has 0 saturated carbocycles. The summed E-state index contributed by atoms with van der Waals surface area (Å²) in [6.07, 6.45) is -4.49. The predicted molar refractivity (Wildman–Crippen MR) is 82.0 cm³/mol. The van der Waals surface area contributed by atoms with E-state index >= 15 is 0 Å². The summed E-state index contributed by atoms with van der Waals surface area (Å²) in [6, 6.07) is 10.7. The summed E-state index contributed by atoms with van der Waals surface area (Å²) < 4.78 is 43.2. The highest BCUT2D eigenvalue weighted by atomic mass is 19.4. The molecule has 0 heterocycles. The molecule has 2 aromatic carbocycles. The Labute approximate surface area is 136 Å².